The van der Waals surface area contributed by atoms with Crippen LogP contribution in [0.25, 0.3) is 11.3 Å². The van der Waals surface area contributed by atoms with Crippen molar-refractivity contribution < 1.29 is 24.2 Å². The Balaban J connectivity index is 2.16. The molecule has 2 N–H and O–H groups in total. The number of imide groups is 1. The number of carbonyl (C=O) groups excluding carboxylic acids is 2. The molecule has 1 fully saturated rings. The fourth-order valence-electron chi connectivity index (χ4n) is 2.21. The minimum absolute atomic E-state index is 0.0208. The Morgan fingerprint density at radius 1 is 1.05 bits per heavy atom. The minimum Gasteiger partial charge on any atom is -0.502 e. The summed E-state index contributed by atoms with van der Waals surface area (Å²) in [6, 6.07) is 4.46. The summed E-state index contributed by atoms with van der Waals surface area (Å²) in [6.07, 6.45) is 0.0416. The third-order valence-corrected chi connectivity index (χ3v) is 3.83. The molecule has 22 heavy (non-hydrogen) atoms. The normalized spacial score (nSPS) is 14.9. The highest BCUT2D eigenvalue weighted by molar-refractivity contribution is 6.35. The predicted octanol–water partition coefficient (Wildman–Crippen LogP) is 3.32. The average molecular weight is 342 g/mol. The first-order valence-corrected chi connectivity index (χ1v) is 7.01. The van der Waals surface area contributed by atoms with Crippen molar-refractivity contribution in [1.29, 1.82) is 0 Å². The highest BCUT2D eigenvalue weighted by Crippen LogP contribution is 2.49. The molecule has 0 radical (unpaired) electrons. The molecule has 1 aromatic heterocycles. The first-order chi connectivity index (χ1) is 10.4. The van der Waals surface area contributed by atoms with Crippen molar-refractivity contribution in [2.45, 2.75) is 12.8 Å². The van der Waals surface area contributed by atoms with E-state index >= 15 is 0 Å². The smallest absolute Gasteiger partial charge is 0.256 e. The van der Waals surface area contributed by atoms with Gasteiger partial charge >= 0.3 is 0 Å². The van der Waals surface area contributed by atoms with E-state index < -0.39 is 29.2 Å². The quantitative estimate of drug-likeness (QED) is 0.817. The number of rotatable bonds is 2. The molecule has 1 saturated heterocycles. The fourth-order valence-corrected chi connectivity index (χ4v) is 2.59. The van der Waals surface area contributed by atoms with Crippen molar-refractivity contribution in [3.05, 3.63) is 28.2 Å². The van der Waals surface area contributed by atoms with Crippen LogP contribution in [-0.2, 0) is 9.59 Å². The maximum atomic E-state index is 11.7. The average Bonchev–Trinajstić information content (AvgIpc) is 2.95. The Morgan fingerprint density at radius 2 is 1.68 bits per heavy atom. The first kappa shape index (κ1) is 14.7. The van der Waals surface area contributed by atoms with Gasteiger partial charge < -0.3 is 14.6 Å². The molecule has 2 heterocycles. The van der Waals surface area contributed by atoms with Crippen molar-refractivity contribution in [1.82, 2.24) is 0 Å². The highest BCUT2D eigenvalue weighted by atomic mass is 35.5. The predicted molar refractivity (Wildman–Crippen MR) is 79.2 cm³/mol. The van der Waals surface area contributed by atoms with Gasteiger partial charge in [0.2, 0.25) is 23.3 Å². The zero-order valence-corrected chi connectivity index (χ0v) is 12.5. The van der Waals surface area contributed by atoms with Gasteiger partial charge in [-0.05, 0) is 18.2 Å². The van der Waals surface area contributed by atoms with Crippen LogP contribution in [0.2, 0.25) is 10.0 Å². The summed E-state index contributed by atoms with van der Waals surface area (Å²) >= 11 is 11.9. The maximum absolute atomic E-state index is 11.7. The van der Waals surface area contributed by atoms with E-state index in [-0.39, 0.29) is 29.2 Å². The number of hydrogen-bond donors (Lipinski definition) is 2. The fraction of sp³-hybridized carbons (Fsp3) is 0.143. The number of hydrogen-bond acceptors (Lipinski definition) is 5. The largest absolute Gasteiger partial charge is 0.502 e. The lowest BCUT2D eigenvalue weighted by Crippen LogP contribution is -2.28. The molecule has 0 aliphatic carbocycles. The van der Waals surface area contributed by atoms with Crippen LogP contribution in [0.3, 0.4) is 0 Å². The van der Waals surface area contributed by atoms with Crippen molar-refractivity contribution in [2.24, 2.45) is 0 Å². The summed E-state index contributed by atoms with van der Waals surface area (Å²) in [5.41, 5.74) is 0.229. The van der Waals surface area contributed by atoms with Crippen molar-refractivity contribution in [3.8, 4) is 22.8 Å². The monoisotopic (exact) mass is 341 g/mol. The van der Waals surface area contributed by atoms with Gasteiger partial charge in [0.1, 0.15) is 0 Å². The van der Waals surface area contributed by atoms with Crippen LogP contribution in [0.15, 0.2) is 22.6 Å². The number of aromatic hydroxyl groups is 2. The molecule has 0 bridgehead atoms. The van der Waals surface area contributed by atoms with Crippen LogP contribution < -0.4 is 4.90 Å². The van der Waals surface area contributed by atoms with E-state index in [1.165, 1.54) is 12.1 Å². The molecule has 1 aliphatic heterocycles. The van der Waals surface area contributed by atoms with Crippen LogP contribution in [0.5, 0.6) is 11.5 Å². The third-order valence-electron chi connectivity index (χ3n) is 3.27. The van der Waals surface area contributed by atoms with E-state index in [4.69, 9.17) is 27.6 Å². The number of halogens is 2. The summed E-state index contributed by atoms with van der Waals surface area (Å²) in [6.45, 7) is 0. The van der Waals surface area contributed by atoms with Crippen LogP contribution in [0.4, 0.5) is 5.88 Å². The van der Waals surface area contributed by atoms with E-state index in [2.05, 4.69) is 0 Å². The second-order valence-corrected chi connectivity index (χ2v) is 5.52. The topological polar surface area (TPSA) is 91.0 Å². The summed E-state index contributed by atoms with van der Waals surface area (Å²) < 4.78 is 5.33. The number of amides is 2. The SMILES string of the molecule is O=C1CCC(=O)N1c1oc(-c2cc(Cl)ccc2Cl)c(O)c1O. The van der Waals surface area contributed by atoms with E-state index in [1.54, 1.807) is 6.07 Å². The van der Waals surface area contributed by atoms with E-state index in [1.807, 2.05) is 0 Å². The molecule has 1 aliphatic rings. The molecule has 8 heteroatoms. The Bertz CT molecular complexity index is 783. The molecule has 6 nitrogen and oxygen atoms in total. The van der Waals surface area contributed by atoms with Crippen LogP contribution in [0, 0.1) is 0 Å². The molecule has 2 amide bonds. The number of carbonyl (C=O) groups is 2. The van der Waals surface area contributed by atoms with Crippen molar-refractivity contribution in [3.63, 3.8) is 0 Å². The Hall–Kier alpha value is -2.18. The molecule has 1 aromatic carbocycles. The molecular weight excluding hydrogens is 333 g/mol. The third kappa shape index (κ3) is 2.20. The Labute approximate surface area is 134 Å². The summed E-state index contributed by atoms with van der Waals surface area (Å²) in [7, 11) is 0. The molecule has 0 spiro atoms. The second-order valence-electron chi connectivity index (χ2n) is 4.68. The lowest BCUT2D eigenvalue weighted by Gasteiger charge is -2.09. The van der Waals surface area contributed by atoms with Gasteiger partial charge in [-0.2, -0.15) is 0 Å². The van der Waals surface area contributed by atoms with E-state index in [9.17, 15) is 19.8 Å². The van der Waals surface area contributed by atoms with E-state index in [0.29, 0.717) is 9.92 Å². The van der Waals surface area contributed by atoms with Gasteiger partial charge in [-0.15, -0.1) is 0 Å². The summed E-state index contributed by atoms with van der Waals surface area (Å²) in [4.78, 5) is 24.1. The van der Waals surface area contributed by atoms with Crippen molar-refractivity contribution >= 4 is 40.9 Å². The maximum Gasteiger partial charge on any atom is 0.256 e. The first-order valence-electron chi connectivity index (χ1n) is 6.26. The number of furan rings is 1. The molecular formula is C14H9Cl2NO5. The van der Waals surface area contributed by atoms with Gasteiger partial charge in [0, 0.05) is 23.4 Å². The summed E-state index contributed by atoms with van der Waals surface area (Å²) in [5, 5.41) is 20.6. The molecule has 0 unspecified atom stereocenters. The van der Waals surface area contributed by atoms with Gasteiger partial charge in [-0.3, -0.25) is 9.59 Å². The zero-order chi connectivity index (χ0) is 16.0. The standard InChI is InChI=1S/C14H9Cl2NO5/c15-6-1-2-8(16)7(5-6)13-11(20)12(21)14(22-13)17-9(18)3-4-10(17)19/h1-2,5,20-21H,3-4H2. The van der Waals surface area contributed by atoms with Crippen molar-refractivity contribution in [2.75, 3.05) is 4.90 Å². The second kappa shape index (κ2) is 5.23. The highest BCUT2D eigenvalue weighted by Gasteiger charge is 2.37. The Kier molecular flexibility index (Phi) is 3.50. The molecule has 114 valence electrons. The molecule has 0 atom stereocenters. The van der Waals surface area contributed by atoms with Gasteiger partial charge in [0.05, 0.1) is 5.02 Å². The van der Waals surface area contributed by atoms with Crippen LogP contribution in [-0.4, -0.2) is 22.0 Å². The summed E-state index contributed by atoms with van der Waals surface area (Å²) in [5.74, 6) is -2.94. The molecule has 3 rings (SSSR count). The lowest BCUT2D eigenvalue weighted by molar-refractivity contribution is -0.121. The number of nitrogens with zero attached hydrogens (tertiary/aromatic N) is 1. The van der Waals surface area contributed by atoms with Gasteiger partial charge in [0.15, 0.2) is 5.76 Å². The van der Waals surface area contributed by atoms with Gasteiger partial charge in [0.25, 0.3) is 5.88 Å². The van der Waals surface area contributed by atoms with Crippen LogP contribution in [0.1, 0.15) is 12.8 Å². The van der Waals surface area contributed by atoms with Gasteiger partial charge in [-0.1, -0.05) is 23.2 Å². The number of benzene rings is 1. The van der Waals surface area contributed by atoms with Gasteiger partial charge in [-0.25, -0.2) is 4.90 Å². The van der Waals surface area contributed by atoms with E-state index in [0.717, 1.165) is 0 Å². The number of anilines is 1. The minimum atomic E-state index is -0.699. The molecule has 2 aromatic rings. The van der Waals surface area contributed by atoms with Crippen LogP contribution >= 0.6 is 23.2 Å². The zero-order valence-electron chi connectivity index (χ0n) is 11.0. The lowest BCUT2D eigenvalue weighted by atomic mass is 10.1. The molecule has 0 saturated carbocycles. The Morgan fingerprint density at radius 3 is 2.32 bits per heavy atom.